The third-order valence-corrected chi connectivity index (χ3v) is 3.98. The number of nitrogens with two attached hydrogens (primary N) is 1. The number of cyclic esters (lactones) is 1. The average molecular weight is 339 g/mol. The molecule has 6 nitrogen and oxygen atoms in total. The molecule has 0 unspecified atom stereocenters. The second-order valence-corrected chi connectivity index (χ2v) is 5.59. The van der Waals surface area contributed by atoms with Gasteiger partial charge in [-0.25, -0.2) is 9.79 Å². The van der Waals surface area contributed by atoms with Crippen LogP contribution in [0, 0.1) is 5.21 Å². The van der Waals surface area contributed by atoms with Gasteiger partial charge in [0.25, 0.3) is 0 Å². The summed E-state index contributed by atoms with van der Waals surface area (Å²) in [6, 6.07) is 8.52. The summed E-state index contributed by atoms with van der Waals surface area (Å²) in [7, 11) is 0. The van der Waals surface area contributed by atoms with Crippen LogP contribution in [0.4, 0.5) is 5.69 Å². The summed E-state index contributed by atoms with van der Waals surface area (Å²) in [5, 5.41) is 13.1. The molecule has 0 fully saturated rings. The molecule has 0 bridgehead atoms. The summed E-state index contributed by atoms with van der Waals surface area (Å²) < 4.78 is 5.14. The van der Waals surface area contributed by atoms with Gasteiger partial charge < -0.3 is 20.9 Å². The number of aliphatic imine (C=N–C) groups is 1. The number of esters is 1. The van der Waals surface area contributed by atoms with Crippen LogP contribution in [0.2, 0.25) is 5.02 Å². The normalized spacial score (nSPS) is 15.5. The van der Waals surface area contributed by atoms with Crippen molar-refractivity contribution in [2.45, 2.75) is 0 Å². The smallest absolute Gasteiger partial charge is 0.363 e. The van der Waals surface area contributed by atoms with Crippen molar-refractivity contribution in [3.8, 4) is 0 Å². The third kappa shape index (κ3) is 3.24. The van der Waals surface area contributed by atoms with Crippen LogP contribution in [0.25, 0.3) is 6.08 Å². The second kappa shape index (κ2) is 6.82. The molecule has 1 aromatic heterocycles. The minimum atomic E-state index is -0.513. The number of ether oxygens (including phenoxy) is 1. The zero-order valence-electron chi connectivity index (χ0n) is 11.1. The molecule has 1 aliphatic heterocycles. The summed E-state index contributed by atoms with van der Waals surface area (Å²) in [6.45, 7) is 0. The van der Waals surface area contributed by atoms with Gasteiger partial charge in [0.1, 0.15) is 10.7 Å². The van der Waals surface area contributed by atoms with E-state index in [-0.39, 0.29) is 17.1 Å². The Balaban J connectivity index is 0.00000176. The number of hydrogen-bond acceptors (Lipinski definition) is 5. The van der Waals surface area contributed by atoms with Crippen LogP contribution < -0.4 is 5.48 Å². The van der Waals surface area contributed by atoms with E-state index in [0.717, 1.165) is 4.88 Å². The Hall–Kier alpha value is -2.03. The largest absolute Gasteiger partial charge is 0.630 e. The van der Waals surface area contributed by atoms with E-state index in [1.807, 2.05) is 17.5 Å². The lowest BCUT2D eigenvalue weighted by molar-refractivity contribution is -0.497. The highest BCUT2D eigenvalue weighted by Gasteiger charge is 2.25. The molecule has 0 atom stereocenters. The number of thiophene rings is 1. The summed E-state index contributed by atoms with van der Waals surface area (Å²) in [5.74, 6) is -0.344. The fourth-order valence-electron chi connectivity index (χ4n) is 1.81. The van der Waals surface area contributed by atoms with Crippen molar-refractivity contribution in [2.24, 2.45) is 4.99 Å². The summed E-state index contributed by atoms with van der Waals surface area (Å²) >= 11 is 7.37. The van der Waals surface area contributed by atoms with Gasteiger partial charge in [0, 0.05) is 16.5 Å². The first-order chi connectivity index (χ1) is 10.2. The van der Waals surface area contributed by atoms with E-state index in [0.29, 0.717) is 21.8 Å². The van der Waals surface area contributed by atoms with Crippen LogP contribution in [0.1, 0.15) is 10.4 Å². The Morgan fingerprint density at radius 2 is 2.18 bits per heavy atom. The van der Waals surface area contributed by atoms with Crippen molar-refractivity contribution in [1.29, 1.82) is 0 Å². The van der Waals surface area contributed by atoms with Crippen molar-refractivity contribution < 1.29 is 20.5 Å². The van der Waals surface area contributed by atoms with Gasteiger partial charge in [0.2, 0.25) is 5.90 Å². The maximum atomic E-state index is 11.8. The van der Waals surface area contributed by atoms with Gasteiger partial charge >= 0.3 is 5.97 Å². The van der Waals surface area contributed by atoms with Crippen molar-refractivity contribution in [1.82, 2.24) is 0 Å². The van der Waals surface area contributed by atoms with Gasteiger partial charge in [-0.3, -0.25) is 0 Å². The van der Waals surface area contributed by atoms with E-state index < -0.39 is 5.97 Å². The van der Waals surface area contributed by atoms with E-state index in [1.165, 1.54) is 17.4 Å². The van der Waals surface area contributed by atoms with Gasteiger partial charge in [0.15, 0.2) is 5.70 Å². The third-order valence-electron chi connectivity index (χ3n) is 2.81. The minimum absolute atomic E-state index is 0. The van der Waals surface area contributed by atoms with Crippen LogP contribution in [0.5, 0.6) is 0 Å². The highest BCUT2D eigenvalue weighted by Crippen LogP contribution is 2.24. The zero-order chi connectivity index (χ0) is 14.8. The monoisotopic (exact) mass is 338 g/mol. The summed E-state index contributed by atoms with van der Waals surface area (Å²) in [5.41, 5.74) is 1.73. The molecule has 0 aliphatic carbocycles. The molecule has 4 N–H and O–H groups in total. The number of hydrogen-bond donors (Lipinski definition) is 1. The number of quaternary nitrogens is 1. The van der Waals surface area contributed by atoms with Crippen LogP contribution >= 0.6 is 22.9 Å². The number of benzene rings is 1. The maximum absolute atomic E-state index is 11.8. The number of carbonyl (C=O) groups excluding carboxylic acids is 1. The van der Waals surface area contributed by atoms with Crippen molar-refractivity contribution in [3.63, 3.8) is 0 Å². The minimum Gasteiger partial charge on any atom is -0.630 e. The van der Waals surface area contributed by atoms with Crippen LogP contribution in [0.3, 0.4) is 0 Å². The first-order valence-electron chi connectivity index (χ1n) is 5.98. The fraction of sp³-hybridized carbons (Fsp3) is 0. The molecule has 2 aromatic rings. The lowest BCUT2D eigenvalue weighted by Gasteiger charge is -2.06. The molecule has 1 aliphatic rings. The van der Waals surface area contributed by atoms with Gasteiger partial charge in [-0.1, -0.05) is 17.7 Å². The quantitative estimate of drug-likeness (QED) is 0.397. The van der Waals surface area contributed by atoms with Gasteiger partial charge in [-0.05, 0) is 29.7 Å². The fourth-order valence-corrected chi connectivity index (χ4v) is 2.62. The lowest BCUT2D eigenvalue weighted by atomic mass is 10.2. The molecule has 8 heteroatoms. The maximum Gasteiger partial charge on any atom is 0.363 e. The average Bonchev–Trinajstić information content (AvgIpc) is 3.11. The van der Waals surface area contributed by atoms with Gasteiger partial charge in [-0.15, -0.1) is 11.3 Å². The van der Waals surface area contributed by atoms with Crippen molar-refractivity contribution >= 4 is 46.6 Å². The summed E-state index contributed by atoms with van der Waals surface area (Å²) in [6.07, 6.45) is 1.66. The molecule has 2 heterocycles. The molecule has 114 valence electrons. The Morgan fingerprint density at radius 1 is 1.36 bits per heavy atom. The predicted molar refractivity (Wildman–Crippen MR) is 84.9 cm³/mol. The molecule has 3 rings (SSSR count). The van der Waals surface area contributed by atoms with Crippen molar-refractivity contribution in [3.05, 3.63) is 62.1 Å². The predicted octanol–water partition coefficient (Wildman–Crippen LogP) is 1.61. The van der Waals surface area contributed by atoms with Crippen LogP contribution in [0.15, 0.2) is 46.4 Å². The van der Waals surface area contributed by atoms with E-state index >= 15 is 0 Å². The van der Waals surface area contributed by atoms with Crippen molar-refractivity contribution in [2.75, 3.05) is 0 Å². The van der Waals surface area contributed by atoms with E-state index in [1.54, 1.807) is 18.2 Å². The van der Waals surface area contributed by atoms with E-state index in [4.69, 9.17) is 16.3 Å². The van der Waals surface area contributed by atoms with Crippen LogP contribution in [-0.4, -0.2) is 17.3 Å². The summed E-state index contributed by atoms with van der Waals surface area (Å²) in [4.78, 5) is 16.9. The molecule has 0 saturated heterocycles. The molecule has 1 aromatic carbocycles. The SMILES string of the molecule is O.O=C1OC(c2ccc(Cl)c([NH2+][O-])c2)=N/C1=C\c1cccs1. The molecular weight excluding hydrogens is 328 g/mol. The Bertz CT molecular complexity index is 756. The highest BCUT2D eigenvalue weighted by molar-refractivity contribution is 7.10. The lowest BCUT2D eigenvalue weighted by Crippen LogP contribution is -2.70. The van der Waals surface area contributed by atoms with E-state index in [9.17, 15) is 10.0 Å². The highest BCUT2D eigenvalue weighted by atomic mass is 35.5. The van der Waals surface area contributed by atoms with Gasteiger partial charge in [0.05, 0.1) is 0 Å². The Kier molecular flexibility index (Phi) is 5.07. The molecule has 0 spiro atoms. The van der Waals surface area contributed by atoms with Gasteiger partial charge in [-0.2, -0.15) is 0 Å². The first-order valence-corrected chi connectivity index (χ1v) is 7.24. The van der Waals surface area contributed by atoms with Crippen LogP contribution in [-0.2, 0) is 9.53 Å². The topological polar surface area (TPSA) is 110 Å². The standard InChI is InChI=1S/C14H9ClN2O3S.H2O/c15-10-4-3-8(6-11(10)17-19)13-16-12(14(18)20-13)7-9-2-1-5-21-9;/h1-7H,17H2;1H2/b12-7-;. The number of nitrogens with zero attached hydrogens (tertiary/aromatic N) is 1. The number of carbonyl (C=O) groups is 1. The Morgan fingerprint density at radius 3 is 2.86 bits per heavy atom. The Labute approximate surface area is 134 Å². The molecular formula is C14H11ClN2O4S. The second-order valence-electron chi connectivity index (χ2n) is 4.21. The van der Waals surface area contributed by atoms with E-state index in [2.05, 4.69) is 4.99 Å². The molecule has 0 saturated carbocycles. The molecule has 0 amide bonds. The number of halogens is 1. The molecule has 22 heavy (non-hydrogen) atoms. The number of rotatable bonds is 3. The molecule has 0 radical (unpaired) electrons. The first kappa shape index (κ1) is 16.3. The zero-order valence-corrected chi connectivity index (χ0v) is 12.6.